The summed E-state index contributed by atoms with van der Waals surface area (Å²) in [5, 5.41) is 13.8. The third kappa shape index (κ3) is 4.89. The van der Waals surface area contributed by atoms with Gasteiger partial charge in [-0.05, 0) is 54.8 Å². The number of hydrazine groups is 1. The first-order chi connectivity index (χ1) is 24.7. The predicted octanol–water partition coefficient (Wildman–Crippen LogP) is 5.96. The van der Waals surface area contributed by atoms with Crippen LogP contribution in [0, 0.1) is 30.6 Å². The van der Waals surface area contributed by atoms with Crippen molar-refractivity contribution in [3.8, 4) is 17.2 Å². The van der Waals surface area contributed by atoms with E-state index in [1.807, 2.05) is 85.1 Å². The number of ether oxygens (including phenoxy) is 2. The van der Waals surface area contributed by atoms with E-state index in [0.29, 0.717) is 23.2 Å². The van der Waals surface area contributed by atoms with Crippen molar-refractivity contribution in [2.75, 3.05) is 19.6 Å². The Morgan fingerprint density at radius 1 is 0.882 bits per heavy atom. The van der Waals surface area contributed by atoms with E-state index in [0.717, 1.165) is 21.0 Å². The maximum Gasteiger partial charge on any atom is 0.260 e. The Balaban J connectivity index is 1.35. The van der Waals surface area contributed by atoms with Gasteiger partial charge in [-0.25, -0.2) is 0 Å². The third-order valence-corrected chi connectivity index (χ3v) is 12.1. The lowest BCUT2D eigenvalue weighted by molar-refractivity contribution is -0.141. The number of anilines is 1. The summed E-state index contributed by atoms with van der Waals surface area (Å²) in [6.45, 7) is 2.15. The minimum atomic E-state index is -1.51. The van der Waals surface area contributed by atoms with Gasteiger partial charge in [-0.1, -0.05) is 65.7 Å². The van der Waals surface area contributed by atoms with Crippen LogP contribution in [0.25, 0.3) is 0 Å². The molecule has 2 aliphatic heterocycles. The monoisotopic (exact) mass is 703 g/mol. The van der Waals surface area contributed by atoms with Crippen molar-refractivity contribution in [1.29, 1.82) is 0 Å². The third-order valence-electron chi connectivity index (χ3n) is 11.2. The summed E-state index contributed by atoms with van der Waals surface area (Å²) in [6.07, 6.45) is 2.46. The number of imide groups is 2. The fraction of sp³-hybridized carbons (Fsp3) is 0.300. The Morgan fingerprint density at radius 3 is 2.24 bits per heavy atom. The second-order valence-corrected chi connectivity index (χ2v) is 14.7. The highest BCUT2D eigenvalue weighted by Crippen LogP contribution is 2.66. The summed E-state index contributed by atoms with van der Waals surface area (Å²) in [4.78, 5) is 60.9. The fourth-order valence-electron chi connectivity index (χ4n) is 9.05. The summed E-state index contributed by atoms with van der Waals surface area (Å²) in [5.41, 5.74) is 5.07. The number of carbonyl (C=O) groups excluding carboxylic acids is 4. The number of nitrogens with zero attached hydrogens (tertiary/aromatic N) is 2. The molecule has 0 spiro atoms. The lowest BCUT2D eigenvalue weighted by Crippen LogP contribution is -2.53. The highest BCUT2D eigenvalue weighted by molar-refractivity contribution is 7.09. The zero-order chi connectivity index (χ0) is 35.6. The summed E-state index contributed by atoms with van der Waals surface area (Å²) in [5.74, 6) is -4.59. The first kappa shape index (κ1) is 32.8. The van der Waals surface area contributed by atoms with Crippen molar-refractivity contribution >= 4 is 40.7 Å². The standard InChI is InChI=1S/C40H37N3O7S/c1-22-11-13-24(14-12-22)41-43-37(46)30-20-29-27(15-16-28-33(29)38(47)42(36(28)45)21-26-10-7-17-51-26)35(34-31(49-2)18-25(44)19-32(34)50-3)40(30,39(43)48)23-8-5-4-6-9-23/h4-15,17-19,28-30,33,35,41,44H,16,20-21H2,1-3H3. The molecule has 260 valence electrons. The Bertz CT molecular complexity index is 2060. The van der Waals surface area contributed by atoms with Crippen molar-refractivity contribution in [2.45, 2.75) is 37.6 Å². The molecule has 0 bridgehead atoms. The highest BCUT2D eigenvalue weighted by atomic mass is 32.1. The predicted molar refractivity (Wildman–Crippen MR) is 190 cm³/mol. The van der Waals surface area contributed by atoms with Gasteiger partial charge in [0.05, 0.1) is 49.6 Å². The van der Waals surface area contributed by atoms with Gasteiger partial charge in [0.1, 0.15) is 17.2 Å². The average Bonchev–Trinajstić information content (AvgIpc) is 3.81. The summed E-state index contributed by atoms with van der Waals surface area (Å²) >= 11 is 1.49. The van der Waals surface area contributed by atoms with E-state index in [9.17, 15) is 19.5 Å². The Labute approximate surface area is 299 Å². The van der Waals surface area contributed by atoms with Crippen molar-refractivity contribution in [2.24, 2.45) is 23.7 Å². The molecule has 4 amide bonds. The smallest absolute Gasteiger partial charge is 0.260 e. The molecule has 2 saturated heterocycles. The zero-order valence-electron chi connectivity index (χ0n) is 28.4. The number of fused-ring (bicyclic) bond motifs is 4. The number of aromatic hydroxyl groups is 1. The summed E-state index contributed by atoms with van der Waals surface area (Å²) < 4.78 is 11.8. The average molecular weight is 704 g/mol. The number of phenolic OH excluding ortho intramolecular Hbond substituents is 1. The molecule has 1 aromatic heterocycles. The number of amides is 4. The number of methoxy groups -OCH3 is 2. The van der Waals surface area contributed by atoms with Crippen molar-refractivity contribution in [3.63, 3.8) is 0 Å². The highest BCUT2D eigenvalue weighted by Gasteiger charge is 2.71. The molecule has 3 heterocycles. The quantitative estimate of drug-likeness (QED) is 0.170. The van der Waals surface area contributed by atoms with Crippen LogP contribution in [-0.4, -0.2) is 52.9 Å². The van der Waals surface area contributed by atoms with E-state index < -0.39 is 46.8 Å². The van der Waals surface area contributed by atoms with Gasteiger partial charge in [0.2, 0.25) is 11.8 Å². The Morgan fingerprint density at radius 2 is 1.59 bits per heavy atom. The Hall–Kier alpha value is -5.42. The van der Waals surface area contributed by atoms with Gasteiger partial charge in [-0.3, -0.25) is 29.5 Å². The lowest BCUT2D eigenvalue weighted by Gasteiger charge is -2.51. The molecule has 3 fully saturated rings. The van der Waals surface area contributed by atoms with Crippen LogP contribution in [0.2, 0.25) is 0 Å². The number of aryl methyl sites for hydroxylation is 1. The number of likely N-dealkylation sites (tertiary alicyclic amines) is 1. The molecule has 4 aliphatic rings. The minimum Gasteiger partial charge on any atom is -0.508 e. The van der Waals surface area contributed by atoms with Gasteiger partial charge in [0, 0.05) is 28.5 Å². The van der Waals surface area contributed by atoms with Crippen molar-refractivity contribution in [1.82, 2.24) is 9.91 Å². The van der Waals surface area contributed by atoms with Crippen LogP contribution in [0.4, 0.5) is 5.69 Å². The maximum atomic E-state index is 15.4. The van der Waals surface area contributed by atoms with Gasteiger partial charge in [0.15, 0.2) is 0 Å². The van der Waals surface area contributed by atoms with Crippen LogP contribution in [0.5, 0.6) is 17.2 Å². The van der Waals surface area contributed by atoms with Gasteiger partial charge < -0.3 is 14.6 Å². The van der Waals surface area contributed by atoms with E-state index in [2.05, 4.69) is 5.43 Å². The van der Waals surface area contributed by atoms with Gasteiger partial charge in [-0.2, -0.15) is 5.01 Å². The zero-order valence-corrected chi connectivity index (χ0v) is 29.2. The van der Waals surface area contributed by atoms with Crippen LogP contribution in [0.3, 0.4) is 0 Å². The second kappa shape index (κ2) is 12.4. The molecule has 10 nitrogen and oxygen atoms in total. The molecule has 1 saturated carbocycles. The van der Waals surface area contributed by atoms with Gasteiger partial charge >= 0.3 is 0 Å². The second-order valence-electron chi connectivity index (χ2n) is 13.7. The first-order valence-electron chi connectivity index (χ1n) is 17.0. The molecular formula is C40H37N3O7S. The summed E-state index contributed by atoms with van der Waals surface area (Å²) in [7, 11) is 2.95. The van der Waals surface area contributed by atoms with Gasteiger partial charge in [-0.15, -0.1) is 11.3 Å². The van der Waals surface area contributed by atoms with E-state index >= 15 is 4.79 Å². The lowest BCUT2D eigenvalue weighted by atomic mass is 9.49. The van der Waals surface area contributed by atoms with Crippen molar-refractivity contribution in [3.05, 3.63) is 117 Å². The van der Waals surface area contributed by atoms with Crippen molar-refractivity contribution < 1.29 is 33.8 Å². The number of allylic oxidation sites excluding steroid dienone is 2. The summed E-state index contributed by atoms with van der Waals surface area (Å²) in [6, 6.07) is 23.4. The number of nitrogens with one attached hydrogen (secondary N) is 1. The molecule has 4 aromatic rings. The molecule has 0 radical (unpaired) electrons. The normalized spacial score (nSPS) is 26.8. The van der Waals surface area contributed by atoms with Crippen LogP contribution in [0.1, 0.15) is 40.3 Å². The topological polar surface area (TPSA) is 125 Å². The molecule has 2 N–H and O–H groups in total. The number of carbonyl (C=O) groups is 4. The molecule has 3 aromatic carbocycles. The minimum absolute atomic E-state index is 0.0971. The van der Waals surface area contributed by atoms with E-state index in [1.165, 1.54) is 42.6 Å². The number of benzene rings is 3. The van der Waals surface area contributed by atoms with Crippen LogP contribution < -0.4 is 14.9 Å². The number of thiophene rings is 1. The maximum absolute atomic E-state index is 15.4. The van der Waals surface area contributed by atoms with E-state index in [1.54, 1.807) is 0 Å². The molecule has 6 atom stereocenters. The SMILES string of the molecule is COc1cc(O)cc(OC)c1C1C2=CCC3C(=O)N(Cc4cccs4)C(=O)C3C2CC2C(=O)N(Nc3ccc(C)cc3)C(=O)C21c1ccccc1. The molecule has 51 heavy (non-hydrogen) atoms. The first-order valence-corrected chi connectivity index (χ1v) is 17.9. The van der Waals surface area contributed by atoms with Gasteiger partial charge in [0.25, 0.3) is 11.8 Å². The van der Waals surface area contributed by atoms with Crippen LogP contribution >= 0.6 is 11.3 Å². The number of hydrogen-bond donors (Lipinski definition) is 2. The fourth-order valence-corrected chi connectivity index (χ4v) is 9.74. The Kier molecular flexibility index (Phi) is 7.98. The van der Waals surface area contributed by atoms with E-state index in [4.69, 9.17) is 9.47 Å². The molecule has 2 aliphatic carbocycles. The van der Waals surface area contributed by atoms with Crippen LogP contribution in [0.15, 0.2) is 95.9 Å². The molecule has 6 unspecified atom stereocenters. The molecule has 8 rings (SSSR count). The molecule has 11 heteroatoms. The molecular weight excluding hydrogens is 667 g/mol. The number of hydrogen-bond acceptors (Lipinski definition) is 9. The largest absolute Gasteiger partial charge is 0.508 e. The number of phenols is 1. The van der Waals surface area contributed by atoms with E-state index in [-0.39, 0.29) is 42.0 Å². The van der Waals surface area contributed by atoms with Crippen LogP contribution in [-0.2, 0) is 31.1 Å². The number of rotatable bonds is 8.